The molecule has 132 valence electrons. The molecule has 2 aromatic rings. The number of halogens is 1. The molecule has 0 radical (unpaired) electrons. The predicted octanol–water partition coefficient (Wildman–Crippen LogP) is 4.16. The number of anilines is 1. The summed E-state index contributed by atoms with van der Waals surface area (Å²) in [5, 5.41) is 13.4. The number of ether oxygens (including phenoxy) is 2. The van der Waals surface area contributed by atoms with Gasteiger partial charge in [0.15, 0.2) is 6.10 Å². The van der Waals surface area contributed by atoms with E-state index in [0.717, 1.165) is 5.75 Å². The van der Waals surface area contributed by atoms with Crippen LogP contribution in [0.3, 0.4) is 0 Å². The van der Waals surface area contributed by atoms with Crippen molar-refractivity contribution in [3.8, 4) is 11.5 Å². The summed E-state index contributed by atoms with van der Waals surface area (Å²) in [6, 6.07) is 11.1. The third-order valence-corrected chi connectivity index (χ3v) is 3.89. The molecule has 1 amide bonds. The van der Waals surface area contributed by atoms with Crippen LogP contribution in [0.25, 0.3) is 0 Å². The highest BCUT2D eigenvalue weighted by molar-refractivity contribution is 9.10. The Labute approximate surface area is 153 Å². The quantitative estimate of drug-likeness (QED) is 0.548. The van der Waals surface area contributed by atoms with Crippen LogP contribution in [0.5, 0.6) is 11.5 Å². The van der Waals surface area contributed by atoms with E-state index in [2.05, 4.69) is 21.2 Å². The fourth-order valence-electron chi connectivity index (χ4n) is 1.99. The van der Waals surface area contributed by atoms with Crippen LogP contribution >= 0.6 is 15.9 Å². The van der Waals surface area contributed by atoms with E-state index in [0.29, 0.717) is 22.5 Å². The second-order valence-corrected chi connectivity index (χ2v) is 5.93. The van der Waals surface area contributed by atoms with Crippen LogP contribution in [-0.4, -0.2) is 23.5 Å². The number of carbonyl (C=O) groups excluding carboxylic acids is 1. The zero-order valence-electron chi connectivity index (χ0n) is 13.7. The van der Waals surface area contributed by atoms with Gasteiger partial charge in [0.25, 0.3) is 11.6 Å². The number of nitrogens with one attached hydrogen (secondary N) is 1. The van der Waals surface area contributed by atoms with Gasteiger partial charge in [-0.25, -0.2) is 0 Å². The molecular weight excluding hydrogens is 392 g/mol. The van der Waals surface area contributed by atoms with E-state index in [1.807, 2.05) is 6.92 Å². The molecule has 2 aromatic carbocycles. The minimum absolute atomic E-state index is 0.0661. The molecule has 0 aliphatic rings. The lowest BCUT2D eigenvalue weighted by Crippen LogP contribution is -2.30. The van der Waals surface area contributed by atoms with Crippen LogP contribution in [0, 0.1) is 10.1 Å². The largest absolute Gasteiger partial charge is 0.494 e. The molecule has 0 aromatic heterocycles. The summed E-state index contributed by atoms with van der Waals surface area (Å²) in [7, 11) is 0. The number of nitro benzene ring substituents is 1. The second-order valence-electron chi connectivity index (χ2n) is 5.08. The van der Waals surface area contributed by atoms with Crippen molar-refractivity contribution < 1.29 is 19.2 Å². The summed E-state index contributed by atoms with van der Waals surface area (Å²) < 4.78 is 11.4. The molecular formula is C17H17BrN2O5. The Bertz CT molecular complexity index is 764. The lowest BCUT2D eigenvalue weighted by Gasteiger charge is -2.15. The Morgan fingerprint density at radius 2 is 1.88 bits per heavy atom. The third-order valence-electron chi connectivity index (χ3n) is 3.24. The Morgan fingerprint density at radius 3 is 2.44 bits per heavy atom. The standard InChI is InChI=1S/C17H17BrN2O5/c1-3-24-13-5-7-14(8-6-13)25-11(2)17(21)19-16-9-4-12(20(22)23)10-15(16)18/h4-11H,3H2,1-2H3,(H,19,21). The number of carbonyl (C=O) groups is 1. The number of nitro groups is 1. The Balaban J connectivity index is 1.99. The molecule has 8 heteroatoms. The first-order chi connectivity index (χ1) is 11.9. The van der Waals surface area contributed by atoms with Gasteiger partial charge in [0.1, 0.15) is 11.5 Å². The molecule has 2 rings (SSSR count). The minimum Gasteiger partial charge on any atom is -0.494 e. The summed E-state index contributed by atoms with van der Waals surface area (Å²) in [5.74, 6) is 0.888. The van der Waals surface area contributed by atoms with E-state index in [9.17, 15) is 14.9 Å². The monoisotopic (exact) mass is 408 g/mol. The lowest BCUT2D eigenvalue weighted by molar-refractivity contribution is -0.384. The van der Waals surface area contributed by atoms with E-state index < -0.39 is 11.0 Å². The summed E-state index contributed by atoms with van der Waals surface area (Å²) in [6.07, 6.45) is -0.750. The smallest absolute Gasteiger partial charge is 0.270 e. The highest BCUT2D eigenvalue weighted by Gasteiger charge is 2.17. The van der Waals surface area contributed by atoms with Crippen molar-refractivity contribution in [2.45, 2.75) is 20.0 Å². The maximum Gasteiger partial charge on any atom is 0.270 e. The van der Waals surface area contributed by atoms with Gasteiger partial charge >= 0.3 is 0 Å². The molecule has 0 heterocycles. The van der Waals surface area contributed by atoms with Crippen LogP contribution in [0.2, 0.25) is 0 Å². The molecule has 0 saturated heterocycles. The second kappa shape index (κ2) is 8.48. The number of benzene rings is 2. The summed E-state index contributed by atoms with van der Waals surface area (Å²) in [5.41, 5.74) is 0.362. The zero-order chi connectivity index (χ0) is 18.4. The van der Waals surface area contributed by atoms with E-state index in [-0.39, 0.29) is 11.6 Å². The molecule has 1 N–H and O–H groups in total. The first-order valence-electron chi connectivity index (χ1n) is 7.55. The van der Waals surface area contributed by atoms with Crippen LogP contribution in [0.4, 0.5) is 11.4 Å². The van der Waals surface area contributed by atoms with Gasteiger partial charge in [-0.1, -0.05) is 0 Å². The van der Waals surface area contributed by atoms with Gasteiger partial charge in [0.2, 0.25) is 0 Å². The van der Waals surface area contributed by atoms with Gasteiger partial charge in [-0.3, -0.25) is 14.9 Å². The van der Waals surface area contributed by atoms with E-state index in [4.69, 9.17) is 9.47 Å². The van der Waals surface area contributed by atoms with E-state index >= 15 is 0 Å². The van der Waals surface area contributed by atoms with Gasteiger partial charge < -0.3 is 14.8 Å². The van der Waals surface area contributed by atoms with Gasteiger partial charge in [-0.2, -0.15) is 0 Å². The zero-order valence-corrected chi connectivity index (χ0v) is 15.3. The highest BCUT2D eigenvalue weighted by Crippen LogP contribution is 2.27. The first-order valence-corrected chi connectivity index (χ1v) is 8.34. The van der Waals surface area contributed by atoms with Crippen molar-refractivity contribution in [2.24, 2.45) is 0 Å². The predicted molar refractivity (Wildman–Crippen MR) is 97.1 cm³/mol. The van der Waals surface area contributed by atoms with Crippen LogP contribution in [-0.2, 0) is 4.79 Å². The Morgan fingerprint density at radius 1 is 1.24 bits per heavy atom. The number of rotatable bonds is 7. The fourth-order valence-corrected chi connectivity index (χ4v) is 2.46. The van der Waals surface area contributed by atoms with Gasteiger partial charge in [-0.05, 0) is 60.1 Å². The van der Waals surface area contributed by atoms with Crippen LogP contribution in [0.15, 0.2) is 46.9 Å². The van der Waals surface area contributed by atoms with E-state index in [1.54, 1.807) is 31.2 Å². The normalized spacial score (nSPS) is 11.5. The number of amides is 1. The Hall–Kier alpha value is -2.61. The average Bonchev–Trinajstić information content (AvgIpc) is 2.58. The van der Waals surface area contributed by atoms with Gasteiger partial charge in [-0.15, -0.1) is 0 Å². The maximum absolute atomic E-state index is 12.2. The van der Waals surface area contributed by atoms with Crippen molar-refractivity contribution in [2.75, 3.05) is 11.9 Å². The molecule has 0 bridgehead atoms. The number of non-ortho nitro benzene ring substituents is 1. The molecule has 0 fully saturated rings. The van der Waals surface area contributed by atoms with Crippen molar-refractivity contribution in [3.63, 3.8) is 0 Å². The van der Waals surface area contributed by atoms with Crippen molar-refractivity contribution >= 4 is 33.2 Å². The molecule has 0 spiro atoms. The topological polar surface area (TPSA) is 90.7 Å². The SMILES string of the molecule is CCOc1ccc(OC(C)C(=O)Nc2ccc([N+](=O)[O-])cc2Br)cc1. The van der Waals surface area contributed by atoms with E-state index in [1.165, 1.54) is 18.2 Å². The first kappa shape index (κ1) is 18.7. The molecule has 0 aliphatic carbocycles. The molecule has 0 saturated carbocycles. The van der Waals surface area contributed by atoms with Crippen molar-refractivity contribution in [1.29, 1.82) is 0 Å². The van der Waals surface area contributed by atoms with Crippen LogP contribution < -0.4 is 14.8 Å². The summed E-state index contributed by atoms with van der Waals surface area (Å²) in [6.45, 7) is 4.08. The number of hydrogen-bond donors (Lipinski definition) is 1. The lowest BCUT2D eigenvalue weighted by atomic mass is 10.2. The minimum atomic E-state index is -0.750. The summed E-state index contributed by atoms with van der Waals surface area (Å²) >= 11 is 3.21. The molecule has 7 nitrogen and oxygen atoms in total. The molecule has 1 unspecified atom stereocenters. The molecule has 0 aliphatic heterocycles. The van der Waals surface area contributed by atoms with Gasteiger partial charge in [0.05, 0.1) is 17.2 Å². The average molecular weight is 409 g/mol. The van der Waals surface area contributed by atoms with Crippen LogP contribution in [0.1, 0.15) is 13.8 Å². The maximum atomic E-state index is 12.2. The third kappa shape index (κ3) is 5.18. The number of hydrogen-bond acceptors (Lipinski definition) is 5. The Kier molecular flexibility index (Phi) is 6.35. The number of nitrogens with zero attached hydrogens (tertiary/aromatic N) is 1. The van der Waals surface area contributed by atoms with Crippen molar-refractivity contribution in [1.82, 2.24) is 0 Å². The summed E-state index contributed by atoms with van der Waals surface area (Å²) in [4.78, 5) is 22.5. The highest BCUT2D eigenvalue weighted by atomic mass is 79.9. The molecule has 25 heavy (non-hydrogen) atoms. The molecule has 1 atom stereocenters. The van der Waals surface area contributed by atoms with Gasteiger partial charge in [0, 0.05) is 16.6 Å². The van der Waals surface area contributed by atoms with Crippen molar-refractivity contribution in [3.05, 3.63) is 57.1 Å². The fraction of sp³-hybridized carbons (Fsp3) is 0.235.